The first-order valence-corrected chi connectivity index (χ1v) is 8.66. The summed E-state index contributed by atoms with van der Waals surface area (Å²) in [4.78, 5) is 34.2. The molecule has 26 heavy (non-hydrogen) atoms. The van der Waals surface area contributed by atoms with Crippen LogP contribution in [0.3, 0.4) is 0 Å². The highest BCUT2D eigenvalue weighted by Gasteiger charge is 2.51. The molecule has 1 aromatic carbocycles. The molecule has 0 radical (unpaired) electrons. The Balaban J connectivity index is 1.46. The van der Waals surface area contributed by atoms with Gasteiger partial charge in [-0.3, -0.25) is 10.1 Å². The molecule has 3 heterocycles. The molecule has 4 rings (SSSR count). The maximum atomic E-state index is 12.3. The Kier molecular flexibility index (Phi) is 3.82. The Labute approximate surface area is 152 Å². The summed E-state index contributed by atoms with van der Waals surface area (Å²) in [6.45, 7) is 5.51. The van der Waals surface area contributed by atoms with E-state index in [1.165, 1.54) is 10.5 Å². The van der Waals surface area contributed by atoms with Crippen LogP contribution in [0.5, 0.6) is 0 Å². The minimum Gasteiger partial charge on any atom is -0.383 e. The summed E-state index contributed by atoms with van der Waals surface area (Å²) in [7, 11) is 1.66. The van der Waals surface area contributed by atoms with E-state index in [0.29, 0.717) is 6.54 Å². The maximum Gasteiger partial charge on any atom is 0.325 e. The Hall–Kier alpha value is -3.03. The molecule has 3 aliphatic rings. The lowest BCUT2D eigenvalue weighted by atomic mass is 10.1. The van der Waals surface area contributed by atoms with Crippen LogP contribution in [0.4, 0.5) is 10.5 Å². The number of hydrogen-bond donors (Lipinski definition) is 2. The van der Waals surface area contributed by atoms with Gasteiger partial charge in [-0.15, -0.1) is 0 Å². The third kappa shape index (κ3) is 2.58. The van der Waals surface area contributed by atoms with Crippen molar-refractivity contribution in [3.05, 3.63) is 41.7 Å². The largest absolute Gasteiger partial charge is 0.383 e. The number of guanidine groups is 1. The van der Waals surface area contributed by atoms with Gasteiger partial charge in [0.1, 0.15) is 0 Å². The van der Waals surface area contributed by atoms with Gasteiger partial charge in [0.15, 0.2) is 12.2 Å². The number of benzene rings is 1. The fraction of sp³-hybridized carbons (Fsp3) is 0.389. The van der Waals surface area contributed by atoms with E-state index in [-0.39, 0.29) is 5.91 Å². The zero-order valence-corrected chi connectivity index (χ0v) is 15.1. The van der Waals surface area contributed by atoms with E-state index < -0.39 is 18.2 Å². The van der Waals surface area contributed by atoms with Crippen molar-refractivity contribution in [1.29, 1.82) is 0 Å². The van der Waals surface area contributed by atoms with E-state index in [4.69, 9.17) is 0 Å². The Morgan fingerprint density at radius 3 is 2.65 bits per heavy atom. The normalized spacial score (nSPS) is 24.2. The summed E-state index contributed by atoms with van der Waals surface area (Å²) in [5.41, 5.74) is 3.32. The quantitative estimate of drug-likeness (QED) is 0.847. The van der Waals surface area contributed by atoms with Crippen molar-refractivity contribution in [1.82, 2.24) is 20.0 Å². The molecule has 2 atom stereocenters. The van der Waals surface area contributed by atoms with Gasteiger partial charge in [-0.25, -0.2) is 9.79 Å². The molecule has 3 aliphatic heterocycles. The number of carbonyl (C=O) groups excluding carboxylic acids is 2. The summed E-state index contributed by atoms with van der Waals surface area (Å²) in [6, 6.07) is 7.35. The monoisotopic (exact) mass is 354 g/mol. The molecule has 0 spiro atoms. The van der Waals surface area contributed by atoms with Gasteiger partial charge in [-0.05, 0) is 26.0 Å². The van der Waals surface area contributed by atoms with Gasteiger partial charge in [-0.1, -0.05) is 17.7 Å². The molecule has 0 aromatic heterocycles. The van der Waals surface area contributed by atoms with Crippen LogP contribution >= 0.6 is 0 Å². The second kappa shape index (κ2) is 6.05. The van der Waals surface area contributed by atoms with Gasteiger partial charge < -0.3 is 20.0 Å². The maximum absolute atomic E-state index is 12.3. The van der Waals surface area contributed by atoms with Crippen molar-refractivity contribution >= 4 is 23.6 Å². The van der Waals surface area contributed by atoms with E-state index in [1.807, 2.05) is 18.0 Å². The number of aliphatic imine (C=N–C) groups is 1. The standard InChI is InChI=1S/C18H22N6O2/c1-11-4-6-13(7-5-11)19-8-9-23-12(2)10-24-14-15(20-17(23)24)22(3)18(26)21-16(14)25/h4-7,10,14-15,19H,8-9H2,1-3H3,(H,21,25,26). The number of anilines is 1. The predicted octanol–water partition coefficient (Wildman–Crippen LogP) is 1.13. The molecule has 1 fully saturated rings. The van der Waals surface area contributed by atoms with Crippen molar-refractivity contribution < 1.29 is 9.59 Å². The number of allylic oxidation sites excluding steroid dienone is 1. The molecule has 2 N–H and O–H groups in total. The lowest BCUT2D eigenvalue weighted by Crippen LogP contribution is -2.62. The van der Waals surface area contributed by atoms with Gasteiger partial charge >= 0.3 is 6.03 Å². The number of nitrogens with one attached hydrogen (secondary N) is 2. The van der Waals surface area contributed by atoms with Crippen LogP contribution in [-0.2, 0) is 4.79 Å². The van der Waals surface area contributed by atoms with Crippen LogP contribution in [-0.4, -0.2) is 64.9 Å². The minimum absolute atomic E-state index is 0.305. The fourth-order valence-electron chi connectivity index (χ4n) is 3.51. The van der Waals surface area contributed by atoms with E-state index in [9.17, 15) is 9.59 Å². The van der Waals surface area contributed by atoms with E-state index in [0.717, 1.165) is 23.9 Å². The van der Waals surface area contributed by atoms with Crippen molar-refractivity contribution in [3.8, 4) is 0 Å². The molecular formula is C18H22N6O2. The number of urea groups is 1. The highest BCUT2D eigenvalue weighted by molar-refractivity contribution is 6.04. The lowest BCUT2D eigenvalue weighted by molar-refractivity contribution is -0.126. The van der Waals surface area contributed by atoms with Crippen molar-refractivity contribution in [2.45, 2.75) is 26.1 Å². The van der Waals surface area contributed by atoms with Crippen LogP contribution in [0.1, 0.15) is 12.5 Å². The van der Waals surface area contributed by atoms with Crippen LogP contribution in [0, 0.1) is 6.92 Å². The van der Waals surface area contributed by atoms with Crippen molar-refractivity contribution in [2.24, 2.45) is 4.99 Å². The molecule has 0 saturated carbocycles. The zero-order chi connectivity index (χ0) is 18.4. The Morgan fingerprint density at radius 1 is 1.19 bits per heavy atom. The summed E-state index contributed by atoms with van der Waals surface area (Å²) < 4.78 is 0. The highest BCUT2D eigenvalue weighted by Crippen LogP contribution is 2.31. The van der Waals surface area contributed by atoms with Gasteiger partial charge in [0.25, 0.3) is 5.91 Å². The van der Waals surface area contributed by atoms with Gasteiger partial charge in [-0.2, -0.15) is 0 Å². The first-order chi connectivity index (χ1) is 12.5. The predicted molar refractivity (Wildman–Crippen MR) is 98.3 cm³/mol. The molecule has 3 amide bonds. The smallest absolute Gasteiger partial charge is 0.325 e. The minimum atomic E-state index is -0.502. The van der Waals surface area contributed by atoms with E-state index >= 15 is 0 Å². The van der Waals surface area contributed by atoms with Crippen LogP contribution in [0.15, 0.2) is 41.2 Å². The fourth-order valence-corrected chi connectivity index (χ4v) is 3.51. The average Bonchev–Trinajstić information content (AvgIpc) is 3.11. The second-order valence-corrected chi connectivity index (χ2v) is 6.82. The molecule has 2 unspecified atom stereocenters. The first kappa shape index (κ1) is 16.4. The molecule has 0 bridgehead atoms. The number of imide groups is 1. The van der Waals surface area contributed by atoms with E-state index in [2.05, 4.69) is 51.7 Å². The molecule has 1 saturated heterocycles. The number of aryl methyl sites for hydroxylation is 1. The second-order valence-electron chi connectivity index (χ2n) is 6.82. The Morgan fingerprint density at radius 2 is 1.92 bits per heavy atom. The van der Waals surface area contributed by atoms with Crippen LogP contribution in [0.2, 0.25) is 0 Å². The molecular weight excluding hydrogens is 332 g/mol. The third-order valence-electron chi connectivity index (χ3n) is 4.99. The number of fused-ring (bicyclic) bond motifs is 3. The van der Waals surface area contributed by atoms with Crippen LogP contribution < -0.4 is 10.6 Å². The van der Waals surface area contributed by atoms with Gasteiger partial charge in [0, 0.05) is 37.7 Å². The van der Waals surface area contributed by atoms with E-state index in [1.54, 1.807) is 7.05 Å². The Bertz CT molecular complexity index is 815. The molecule has 1 aromatic rings. The number of likely N-dealkylation sites (N-methyl/N-ethyl adjacent to an activating group) is 1. The summed E-state index contributed by atoms with van der Waals surface area (Å²) in [5, 5.41) is 5.79. The summed E-state index contributed by atoms with van der Waals surface area (Å²) in [6.07, 6.45) is 1.45. The number of amides is 3. The summed E-state index contributed by atoms with van der Waals surface area (Å²) in [5.74, 6) is 0.417. The molecule has 136 valence electrons. The SMILES string of the molecule is CC1=CN2C(=NC3C2C(=O)NC(=O)N3C)N1CCNc1ccc(C)cc1. The zero-order valence-electron chi connectivity index (χ0n) is 15.1. The number of nitrogens with zero attached hydrogens (tertiary/aromatic N) is 4. The van der Waals surface area contributed by atoms with Gasteiger partial charge in [0.2, 0.25) is 5.96 Å². The lowest BCUT2D eigenvalue weighted by Gasteiger charge is -2.34. The van der Waals surface area contributed by atoms with Gasteiger partial charge in [0.05, 0.1) is 0 Å². The summed E-state index contributed by atoms with van der Waals surface area (Å²) >= 11 is 0. The topological polar surface area (TPSA) is 80.3 Å². The molecule has 8 nitrogen and oxygen atoms in total. The van der Waals surface area contributed by atoms with Crippen molar-refractivity contribution in [3.63, 3.8) is 0 Å². The highest BCUT2D eigenvalue weighted by atomic mass is 16.2. The molecule has 0 aliphatic carbocycles. The number of hydrogen-bond acceptors (Lipinski definition) is 6. The molecule has 8 heteroatoms. The average molecular weight is 354 g/mol. The third-order valence-corrected chi connectivity index (χ3v) is 4.99. The van der Waals surface area contributed by atoms with Crippen LogP contribution in [0.25, 0.3) is 0 Å². The number of carbonyl (C=O) groups is 2. The van der Waals surface area contributed by atoms with Crippen molar-refractivity contribution in [2.75, 3.05) is 25.5 Å². The first-order valence-electron chi connectivity index (χ1n) is 8.66. The number of rotatable bonds is 4.